The Balaban J connectivity index is -0.000000153. The number of ketones is 5. The Bertz CT molecular complexity index is 3770. The van der Waals surface area contributed by atoms with Gasteiger partial charge in [-0.15, -0.1) is 38.9 Å². The van der Waals surface area contributed by atoms with Crippen LogP contribution in [0.5, 0.6) is 0 Å². The fourth-order valence-electron chi connectivity index (χ4n) is 6.41. The van der Waals surface area contributed by atoms with Crippen LogP contribution in [-0.2, 0) is 143 Å². The first kappa shape index (κ1) is 136. The third-order valence-electron chi connectivity index (χ3n) is 13.9. The first-order chi connectivity index (χ1) is 60.2. The van der Waals surface area contributed by atoms with Crippen molar-refractivity contribution in [3.05, 3.63) is 136 Å². The first-order valence-corrected chi connectivity index (χ1v) is 40.4. The number of hydrogen-bond donors (Lipinski definition) is 1. The van der Waals surface area contributed by atoms with Crippen LogP contribution in [0.2, 0.25) is 0 Å². The summed E-state index contributed by atoms with van der Waals surface area (Å²) in [5.41, 5.74) is 1.38. The number of rotatable bonds is 53. The Morgan fingerprint density at radius 2 is 0.705 bits per heavy atom. The average molecular weight is 1820 g/mol. The molecule has 0 radical (unpaired) electrons. The fourth-order valence-corrected chi connectivity index (χ4v) is 6.41. The van der Waals surface area contributed by atoms with Crippen molar-refractivity contribution in [2.75, 3.05) is 92.9 Å². The summed E-state index contributed by atoms with van der Waals surface area (Å²) >= 11 is 0. The van der Waals surface area contributed by atoms with Gasteiger partial charge in [0.25, 0.3) is 0 Å². The molecule has 129 heavy (non-hydrogen) atoms. The lowest BCUT2D eigenvalue weighted by Gasteiger charge is -2.19. The molecule has 0 aliphatic carbocycles. The average Bonchev–Trinajstić information content (AvgIpc) is 0.900. The van der Waals surface area contributed by atoms with Crippen molar-refractivity contribution in [2.24, 2.45) is 11.3 Å². The molecule has 2 unspecified atom stereocenters. The Morgan fingerprint density at radius 3 is 1.09 bits per heavy atom. The molecule has 0 aliphatic heterocycles. The van der Waals surface area contributed by atoms with Crippen LogP contribution in [0.3, 0.4) is 0 Å². The van der Waals surface area contributed by atoms with E-state index in [0.29, 0.717) is 73.7 Å². The summed E-state index contributed by atoms with van der Waals surface area (Å²) in [4.78, 5) is 195. The minimum atomic E-state index is -1.06. The highest BCUT2D eigenvalue weighted by atomic mass is 16.6. The van der Waals surface area contributed by atoms with Crippen molar-refractivity contribution in [1.29, 1.82) is 0 Å². The molecule has 0 bridgehead atoms. The van der Waals surface area contributed by atoms with Gasteiger partial charge in [-0.2, -0.15) is 0 Å². The summed E-state index contributed by atoms with van der Waals surface area (Å²) in [7, 11) is 1.61. The minimum Gasteiger partial charge on any atom is -0.463 e. The van der Waals surface area contributed by atoms with E-state index in [1.807, 2.05) is 13.0 Å². The summed E-state index contributed by atoms with van der Waals surface area (Å²) in [6.45, 7) is 61.1. The van der Waals surface area contributed by atoms with Gasteiger partial charge < -0.3 is 81.2 Å². The summed E-state index contributed by atoms with van der Waals surface area (Å²) < 4.78 is 56.2. The summed E-state index contributed by atoms with van der Waals surface area (Å²) in [5.74, 6) is 3.24. The number of Topliss-reactive ketones (excluding diaryl/α,β-unsaturated/α-hetero) is 5. The van der Waals surface area contributed by atoms with Crippen LogP contribution in [0.1, 0.15) is 213 Å². The lowest BCUT2D eigenvalue weighted by Crippen LogP contribution is -2.30. The number of carbonyl (C=O) groups is 18. The standard InChI is InChI=1S/C12H22O.C11H15NO3.C11H14O5.C10H14O5.C10H12O4.3C9H14O3.C9H14O2.C7H8O2/c1-3-4-5-6-7-8-9-10-11-12(2)13;1-5-6-10(13)12(4)7-8-15-11(14)9(2)3;1-4-5-10(13)15-6-9(12)7-16-11(14)8(2)3;1-7(2)10(13)15-5-4-14-9(12)6-8(3)11;1-4-5-9(11)13-6-7-14-10(12)8(2)3;1-7(2)9(11)12-6-4-5-8(3)10;1-5-8(11)12-6-9(3,4)7(2)10;1-3-9(11)12-7-5-4-6-8(2)10;1-5-8(4)6-11-9(10)7(2)3;1-3-5-7(8)9-6-4-2/h3H,1,4-11H2,2H3;1H,2,6-8H2,3-4H3;1,9,12H,2,5-7H2,3H3;1,4-6H2,2-3H3;1H,2,5-7H2,3H3;1,4-6H2,2-3H3;5H,1,6H2,2-4H3;3H,1,4-7H2,2H3;5,8H,1-2,6H2,3-4H3;1,4H,2,5-6H2. The molecule has 32 nitrogen and oxygen atoms in total. The van der Waals surface area contributed by atoms with Gasteiger partial charge >= 0.3 is 71.6 Å². The topological polar surface area (TPSA) is 441 Å². The summed E-state index contributed by atoms with van der Waals surface area (Å²) in [5, 5.41) is 9.26. The number of unbranched alkanes of at least 4 members (excludes halogenated alkanes) is 7. The van der Waals surface area contributed by atoms with Crippen LogP contribution in [0.25, 0.3) is 0 Å². The smallest absolute Gasteiger partial charge is 0.333 e. The highest BCUT2D eigenvalue weighted by Crippen LogP contribution is 2.17. The zero-order valence-corrected chi connectivity index (χ0v) is 78.7. The van der Waals surface area contributed by atoms with Crippen molar-refractivity contribution in [2.45, 2.75) is 219 Å². The van der Waals surface area contributed by atoms with Gasteiger partial charge in [0.05, 0.1) is 38.2 Å². The molecule has 1 N–H and O–H groups in total. The second kappa shape index (κ2) is 93.9. The molecule has 0 aliphatic rings. The number of hydrogen-bond acceptors (Lipinski definition) is 31. The Labute approximate surface area is 764 Å². The zero-order valence-electron chi connectivity index (χ0n) is 78.7. The molecule has 1 amide bonds. The van der Waals surface area contributed by atoms with Gasteiger partial charge in [0, 0.05) is 77.8 Å². The normalized spacial score (nSPS) is 9.61. The van der Waals surface area contributed by atoms with E-state index in [9.17, 15) is 91.4 Å². The Kier molecular flexibility index (Phi) is 99.3. The number of aliphatic hydroxyl groups excluding tert-OH is 1. The van der Waals surface area contributed by atoms with Crippen molar-refractivity contribution in [3.8, 4) is 49.4 Å². The summed E-state index contributed by atoms with van der Waals surface area (Å²) in [6, 6.07) is 0. The van der Waals surface area contributed by atoms with Crippen molar-refractivity contribution >= 4 is 106 Å². The first-order valence-electron chi connectivity index (χ1n) is 40.4. The zero-order chi connectivity index (χ0) is 102. The molecule has 0 spiro atoms. The minimum absolute atomic E-state index is 0.000591. The van der Waals surface area contributed by atoms with Gasteiger partial charge in [0.1, 0.15) is 120 Å². The van der Waals surface area contributed by atoms with E-state index in [-0.39, 0.29) is 150 Å². The second-order valence-electron chi connectivity index (χ2n) is 27.8. The number of allylic oxidation sites excluding steroid dienone is 1. The van der Waals surface area contributed by atoms with E-state index < -0.39 is 71.2 Å². The maximum atomic E-state index is 11.2. The van der Waals surface area contributed by atoms with Crippen molar-refractivity contribution in [3.63, 3.8) is 0 Å². The van der Waals surface area contributed by atoms with E-state index in [1.165, 1.54) is 84.6 Å². The van der Waals surface area contributed by atoms with Crippen LogP contribution in [0.4, 0.5) is 0 Å². The number of aliphatic hydroxyl groups is 1. The van der Waals surface area contributed by atoms with Crippen LogP contribution in [0.15, 0.2) is 136 Å². The molecule has 0 aromatic carbocycles. The number of amides is 1. The monoisotopic (exact) mass is 1820 g/mol. The molecule has 32 heteroatoms. The molecule has 0 saturated heterocycles. The van der Waals surface area contributed by atoms with Crippen LogP contribution in [0, 0.1) is 60.7 Å². The predicted molar refractivity (Wildman–Crippen MR) is 490 cm³/mol. The molecule has 0 aromatic heterocycles. The van der Waals surface area contributed by atoms with Gasteiger partial charge in [-0.05, 0) is 129 Å². The largest absolute Gasteiger partial charge is 0.463 e. The molecular formula is C97H141NO31. The molecule has 720 valence electrons. The number of terminal acetylenes is 4. The van der Waals surface area contributed by atoms with Crippen LogP contribution < -0.4 is 0 Å². The molecule has 0 aromatic rings. The molecular weight excluding hydrogens is 1680 g/mol. The third kappa shape index (κ3) is 115. The molecule has 0 heterocycles. The SMILES string of the molecule is C#CCC(=O)N(C)CCOC(=O)C(=C)C.C#CCC(=O)OCC(O)COC(=O)C(=C)C.C#CCC(=O)OCC=C.C#CCC(=O)OCCOC(=O)C(=C)C.C=C(C)C(=O)OCCCC(C)=O.C=C(C)C(=O)OCCOC(=O)CC(C)=O.C=CC(=O)OCC(C)(C)C(C)=O.C=CC(=O)OCCCCC(C)=O.C=CC(C)COC(=O)C(=C)C.C=CCCCCCCCCC(C)=O. The van der Waals surface area contributed by atoms with E-state index in [2.05, 4.69) is 129 Å². The van der Waals surface area contributed by atoms with E-state index >= 15 is 0 Å². The van der Waals surface area contributed by atoms with Gasteiger partial charge in [-0.1, -0.05) is 134 Å². The van der Waals surface area contributed by atoms with Gasteiger partial charge in [-0.25, -0.2) is 38.4 Å². The van der Waals surface area contributed by atoms with Gasteiger partial charge in [0.2, 0.25) is 5.91 Å². The molecule has 0 saturated carbocycles. The number of ether oxygens (including phenoxy) is 12. The van der Waals surface area contributed by atoms with E-state index in [4.69, 9.17) is 49.4 Å². The molecule has 0 fully saturated rings. The van der Waals surface area contributed by atoms with E-state index in [1.54, 1.807) is 61.6 Å². The highest BCUT2D eigenvalue weighted by molar-refractivity contribution is 5.94. The molecule has 2 atom stereocenters. The predicted octanol–water partition coefficient (Wildman–Crippen LogP) is 12.8. The van der Waals surface area contributed by atoms with Gasteiger partial charge in [0.15, 0.2) is 0 Å². The number of nitrogens with zero attached hydrogens (tertiary/aromatic N) is 1. The number of esters is 12. The Morgan fingerprint density at radius 1 is 0.372 bits per heavy atom. The quantitative estimate of drug-likeness (QED) is 0.0112. The third-order valence-corrected chi connectivity index (χ3v) is 13.9. The molecule has 0 rings (SSSR count). The lowest BCUT2D eigenvalue weighted by molar-refractivity contribution is -0.151. The number of carbonyl (C=O) groups excluding carboxylic acids is 18. The van der Waals surface area contributed by atoms with Crippen LogP contribution >= 0.6 is 0 Å². The van der Waals surface area contributed by atoms with E-state index in [0.717, 1.165) is 44.3 Å². The lowest BCUT2D eigenvalue weighted by atomic mass is 9.90. The maximum absolute atomic E-state index is 11.2. The number of likely N-dealkylation sites (N-methyl/N-ethyl adjacent to an activating group) is 1. The fraction of sp³-hybridized carbons (Fsp3) is 0.505. The highest BCUT2D eigenvalue weighted by Gasteiger charge is 2.25. The van der Waals surface area contributed by atoms with Gasteiger partial charge in [-0.3, -0.25) is 33.6 Å². The maximum Gasteiger partial charge on any atom is 0.333 e. The van der Waals surface area contributed by atoms with Crippen molar-refractivity contribution in [1.82, 2.24) is 4.90 Å². The summed E-state index contributed by atoms with van der Waals surface area (Å²) in [6.07, 6.45) is 38.1. The Hall–Kier alpha value is -13.2. The second-order valence-corrected chi connectivity index (χ2v) is 27.8. The van der Waals surface area contributed by atoms with Crippen LogP contribution in [-0.4, -0.2) is 215 Å². The van der Waals surface area contributed by atoms with Crippen molar-refractivity contribution < 1.29 is 148 Å².